The van der Waals surface area contributed by atoms with E-state index in [9.17, 15) is 13.2 Å². The lowest BCUT2D eigenvalue weighted by atomic mass is 10.0. The van der Waals surface area contributed by atoms with Gasteiger partial charge in [-0.2, -0.15) is 4.31 Å². The van der Waals surface area contributed by atoms with E-state index in [1.54, 1.807) is 0 Å². The Morgan fingerprint density at radius 2 is 2.30 bits per heavy atom. The van der Waals surface area contributed by atoms with Crippen molar-refractivity contribution in [3.05, 3.63) is 0 Å². The van der Waals surface area contributed by atoms with Crippen molar-refractivity contribution in [2.24, 2.45) is 5.92 Å². The molecule has 0 aromatic carbocycles. The number of carbonyl (C=O) groups excluding carboxylic acids is 1. The average Bonchev–Trinajstić information content (AvgIpc) is 2.87. The maximum Gasteiger partial charge on any atom is 0.272 e. The van der Waals surface area contributed by atoms with Crippen molar-refractivity contribution in [3.63, 3.8) is 0 Å². The first-order chi connectivity index (χ1) is 9.43. The Labute approximate surface area is 120 Å². The number of sulfonamides is 1. The van der Waals surface area contributed by atoms with Gasteiger partial charge in [-0.05, 0) is 18.8 Å². The molecule has 0 spiro atoms. The summed E-state index contributed by atoms with van der Waals surface area (Å²) in [6.07, 6.45) is 1.53. The molecule has 20 heavy (non-hydrogen) atoms. The van der Waals surface area contributed by atoms with Crippen LogP contribution in [0, 0.1) is 5.92 Å². The molecule has 2 rings (SSSR count). The van der Waals surface area contributed by atoms with E-state index in [-0.39, 0.29) is 34.4 Å². The minimum atomic E-state index is -3.70. The molecule has 2 N–H and O–H groups in total. The van der Waals surface area contributed by atoms with Gasteiger partial charge in [0.2, 0.25) is 15.4 Å². The van der Waals surface area contributed by atoms with E-state index in [0.717, 1.165) is 17.8 Å². The second-order valence-electron chi connectivity index (χ2n) is 4.61. The molecule has 8 nitrogen and oxygen atoms in total. The number of nitrogens with one attached hydrogen (secondary N) is 1. The van der Waals surface area contributed by atoms with Crippen LogP contribution in [0.3, 0.4) is 0 Å². The second kappa shape index (κ2) is 6.12. The molecule has 1 amide bonds. The molecule has 1 atom stereocenters. The predicted molar refractivity (Wildman–Crippen MR) is 72.8 cm³/mol. The fraction of sp³-hybridized carbons (Fsp3) is 0.700. The predicted octanol–water partition coefficient (Wildman–Crippen LogP) is -0.110. The van der Waals surface area contributed by atoms with E-state index in [2.05, 4.69) is 15.5 Å². The van der Waals surface area contributed by atoms with Crippen molar-refractivity contribution >= 4 is 32.4 Å². The molecule has 1 aromatic heterocycles. The maximum absolute atomic E-state index is 12.4. The molecule has 1 aromatic rings. The Balaban J connectivity index is 2.17. The number of nitrogens with zero attached hydrogens (tertiary/aromatic N) is 3. The van der Waals surface area contributed by atoms with Crippen molar-refractivity contribution in [2.45, 2.75) is 24.1 Å². The smallest absolute Gasteiger partial charge is 0.272 e. The zero-order valence-electron chi connectivity index (χ0n) is 10.9. The summed E-state index contributed by atoms with van der Waals surface area (Å²) in [5, 5.41) is 19.0. The van der Waals surface area contributed by atoms with Crippen LogP contribution in [0.25, 0.3) is 0 Å². The summed E-state index contributed by atoms with van der Waals surface area (Å²) in [6, 6.07) is 0. The van der Waals surface area contributed by atoms with Gasteiger partial charge in [0.1, 0.15) is 0 Å². The number of aliphatic hydroxyl groups is 1. The number of hydrogen-bond acceptors (Lipinski definition) is 7. The quantitative estimate of drug-likeness (QED) is 0.749. The van der Waals surface area contributed by atoms with Crippen LogP contribution in [0.15, 0.2) is 4.34 Å². The van der Waals surface area contributed by atoms with Crippen LogP contribution in [-0.4, -0.2) is 53.6 Å². The number of hydrogen-bond donors (Lipinski definition) is 2. The summed E-state index contributed by atoms with van der Waals surface area (Å²) in [5.74, 6) is -0.371. The molecule has 0 bridgehead atoms. The average molecular weight is 320 g/mol. The largest absolute Gasteiger partial charge is 0.396 e. The van der Waals surface area contributed by atoms with Gasteiger partial charge in [-0.25, -0.2) is 8.42 Å². The standard InChI is InChI=1S/C10H16N4O4S2/c1-7(16)11-9-12-13-10(19-9)20(17,18)14-4-2-3-8(5-14)6-15/h8,15H,2-6H2,1H3,(H,11,12,16). The number of aliphatic hydroxyl groups excluding tert-OH is 1. The first-order valence-electron chi connectivity index (χ1n) is 6.15. The molecule has 1 fully saturated rings. The van der Waals surface area contributed by atoms with E-state index < -0.39 is 10.0 Å². The highest BCUT2D eigenvalue weighted by atomic mass is 32.2. The van der Waals surface area contributed by atoms with Crippen LogP contribution in [0.4, 0.5) is 5.13 Å². The van der Waals surface area contributed by atoms with Crippen molar-refractivity contribution in [1.82, 2.24) is 14.5 Å². The fourth-order valence-electron chi connectivity index (χ4n) is 2.02. The second-order valence-corrected chi connectivity index (χ2v) is 7.70. The normalized spacial score (nSPS) is 20.8. The first kappa shape index (κ1) is 15.3. The number of aromatic nitrogens is 2. The number of rotatable bonds is 4. The summed E-state index contributed by atoms with van der Waals surface area (Å²) in [5.41, 5.74) is 0. The highest BCUT2D eigenvalue weighted by Gasteiger charge is 2.32. The van der Waals surface area contributed by atoms with E-state index in [4.69, 9.17) is 5.11 Å². The van der Waals surface area contributed by atoms with Gasteiger partial charge in [0.05, 0.1) is 0 Å². The van der Waals surface area contributed by atoms with Crippen LogP contribution in [-0.2, 0) is 14.8 Å². The highest BCUT2D eigenvalue weighted by Crippen LogP contribution is 2.27. The monoisotopic (exact) mass is 320 g/mol. The Morgan fingerprint density at radius 1 is 1.55 bits per heavy atom. The van der Waals surface area contributed by atoms with Crippen LogP contribution < -0.4 is 5.32 Å². The minimum absolute atomic E-state index is 0.0285. The topological polar surface area (TPSA) is 112 Å². The molecule has 1 saturated heterocycles. The Hall–Kier alpha value is -1.10. The summed E-state index contributed by atoms with van der Waals surface area (Å²) < 4.78 is 26.0. The molecule has 1 unspecified atom stereocenters. The van der Waals surface area contributed by atoms with Crippen molar-refractivity contribution < 1.29 is 18.3 Å². The van der Waals surface area contributed by atoms with Crippen molar-refractivity contribution in [2.75, 3.05) is 25.0 Å². The van der Waals surface area contributed by atoms with Gasteiger partial charge in [0.15, 0.2) is 0 Å². The minimum Gasteiger partial charge on any atom is -0.396 e. The Morgan fingerprint density at radius 3 is 2.95 bits per heavy atom. The van der Waals surface area contributed by atoms with E-state index in [1.807, 2.05) is 0 Å². The fourth-order valence-corrected chi connectivity index (χ4v) is 4.66. The molecule has 2 heterocycles. The van der Waals surface area contributed by atoms with E-state index >= 15 is 0 Å². The number of anilines is 1. The van der Waals surface area contributed by atoms with Gasteiger partial charge < -0.3 is 10.4 Å². The zero-order chi connectivity index (χ0) is 14.8. The molecule has 0 aliphatic carbocycles. The lowest BCUT2D eigenvalue weighted by Gasteiger charge is -2.29. The van der Waals surface area contributed by atoms with E-state index in [1.165, 1.54) is 11.2 Å². The third-order valence-corrected chi connectivity index (χ3v) is 6.04. The first-order valence-corrected chi connectivity index (χ1v) is 8.41. The molecule has 1 aliphatic rings. The third-order valence-electron chi connectivity index (χ3n) is 2.99. The van der Waals surface area contributed by atoms with Crippen LogP contribution in [0.5, 0.6) is 0 Å². The molecule has 0 radical (unpaired) electrons. The van der Waals surface area contributed by atoms with Crippen LogP contribution in [0.2, 0.25) is 0 Å². The van der Waals surface area contributed by atoms with Crippen molar-refractivity contribution in [3.8, 4) is 0 Å². The van der Waals surface area contributed by atoms with Gasteiger partial charge in [0, 0.05) is 26.6 Å². The van der Waals surface area contributed by atoms with E-state index in [0.29, 0.717) is 13.0 Å². The highest BCUT2D eigenvalue weighted by molar-refractivity contribution is 7.91. The number of piperidine rings is 1. The Kier molecular flexibility index (Phi) is 4.68. The number of amides is 1. The van der Waals surface area contributed by atoms with Crippen LogP contribution >= 0.6 is 11.3 Å². The Bertz CT molecular complexity index is 586. The number of carbonyl (C=O) groups is 1. The maximum atomic E-state index is 12.4. The molecule has 112 valence electrons. The van der Waals surface area contributed by atoms with Gasteiger partial charge in [-0.1, -0.05) is 11.3 Å². The molecule has 0 saturated carbocycles. The molecular weight excluding hydrogens is 304 g/mol. The van der Waals surface area contributed by atoms with Crippen LogP contribution in [0.1, 0.15) is 19.8 Å². The zero-order valence-corrected chi connectivity index (χ0v) is 12.6. The lowest BCUT2D eigenvalue weighted by Crippen LogP contribution is -2.40. The summed E-state index contributed by atoms with van der Waals surface area (Å²) in [6.45, 7) is 1.98. The lowest BCUT2D eigenvalue weighted by molar-refractivity contribution is -0.114. The van der Waals surface area contributed by atoms with Crippen molar-refractivity contribution in [1.29, 1.82) is 0 Å². The van der Waals surface area contributed by atoms with Gasteiger partial charge in [-0.3, -0.25) is 4.79 Å². The van der Waals surface area contributed by atoms with Gasteiger partial charge in [0.25, 0.3) is 10.0 Å². The summed E-state index contributed by atoms with van der Waals surface area (Å²) in [7, 11) is -3.70. The molecule has 1 aliphatic heterocycles. The molecular formula is C10H16N4O4S2. The summed E-state index contributed by atoms with van der Waals surface area (Å²) >= 11 is 0.824. The molecule has 10 heteroatoms. The SMILES string of the molecule is CC(=O)Nc1nnc(S(=O)(=O)N2CCCC(CO)C2)s1. The summed E-state index contributed by atoms with van der Waals surface area (Å²) in [4.78, 5) is 10.9. The van der Waals surface area contributed by atoms with Gasteiger partial charge >= 0.3 is 0 Å². The third kappa shape index (κ3) is 3.32. The van der Waals surface area contributed by atoms with Gasteiger partial charge in [-0.15, -0.1) is 10.2 Å².